The van der Waals surface area contributed by atoms with Gasteiger partial charge < -0.3 is 9.47 Å². The van der Waals surface area contributed by atoms with Crippen molar-refractivity contribution in [2.45, 2.75) is 6.42 Å². The van der Waals surface area contributed by atoms with Crippen LogP contribution in [0.5, 0.6) is 0 Å². The van der Waals surface area contributed by atoms with Crippen LogP contribution in [-0.2, 0) is 14.3 Å². The Morgan fingerprint density at radius 3 is 2.72 bits per heavy atom. The van der Waals surface area contributed by atoms with Gasteiger partial charge >= 0.3 is 11.9 Å². The largest absolute Gasteiger partial charge is 0.469 e. The topological polar surface area (TPSA) is 65.5 Å². The first kappa shape index (κ1) is 13.8. The molecule has 0 radical (unpaired) electrons. The highest BCUT2D eigenvalue weighted by Crippen LogP contribution is 2.10. The number of methoxy groups -OCH3 is 2. The van der Waals surface area contributed by atoms with Crippen LogP contribution >= 0.6 is 0 Å². The van der Waals surface area contributed by atoms with Crippen molar-refractivity contribution in [3.63, 3.8) is 0 Å². The zero-order chi connectivity index (χ0) is 13.5. The summed E-state index contributed by atoms with van der Waals surface area (Å²) in [5.41, 5.74) is 0.235. The number of pyridine rings is 1. The normalized spacial score (nSPS) is 10.4. The van der Waals surface area contributed by atoms with Gasteiger partial charge in [-0.05, 0) is 11.6 Å². The lowest BCUT2D eigenvalue weighted by Gasteiger charge is -2.01. The molecule has 0 aromatic carbocycles. The number of ether oxygens (including phenoxy) is 2. The number of nitrogens with zero attached hydrogens (tertiary/aromatic N) is 1. The first-order valence-electron chi connectivity index (χ1n) is 5.05. The molecule has 0 aliphatic heterocycles. The van der Waals surface area contributed by atoms with Gasteiger partial charge in [-0.1, -0.05) is 12.2 Å². The summed E-state index contributed by atoms with van der Waals surface area (Å²) >= 11 is 0. The van der Waals surface area contributed by atoms with Crippen molar-refractivity contribution in [1.82, 2.24) is 4.98 Å². The maximum absolute atomic E-state index is 13.2. The minimum atomic E-state index is -0.896. The van der Waals surface area contributed by atoms with Crippen molar-refractivity contribution in [3.8, 4) is 0 Å². The maximum Gasteiger partial charge on any atom is 0.342 e. The van der Waals surface area contributed by atoms with E-state index in [1.54, 1.807) is 0 Å². The molecule has 0 atom stereocenters. The molecule has 5 nitrogen and oxygen atoms in total. The van der Waals surface area contributed by atoms with E-state index in [2.05, 4.69) is 14.5 Å². The first-order valence-corrected chi connectivity index (χ1v) is 5.05. The van der Waals surface area contributed by atoms with Crippen LogP contribution in [0.1, 0.15) is 22.3 Å². The first-order chi connectivity index (χ1) is 8.58. The fourth-order valence-electron chi connectivity index (χ4n) is 1.18. The Balaban J connectivity index is 2.85. The Morgan fingerprint density at radius 2 is 2.11 bits per heavy atom. The zero-order valence-corrected chi connectivity index (χ0v) is 9.97. The predicted molar refractivity (Wildman–Crippen MR) is 61.2 cm³/mol. The van der Waals surface area contributed by atoms with Crippen LogP contribution in [-0.4, -0.2) is 31.1 Å². The lowest BCUT2D eigenvalue weighted by atomic mass is 10.2. The fourth-order valence-corrected chi connectivity index (χ4v) is 1.18. The molecular weight excluding hydrogens is 241 g/mol. The minimum absolute atomic E-state index is 0.0848. The van der Waals surface area contributed by atoms with Crippen LogP contribution in [0.3, 0.4) is 0 Å². The number of hydrogen-bond acceptors (Lipinski definition) is 5. The third kappa shape index (κ3) is 3.65. The van der Waals surface area contributed by atoms with E-state index in [0.29, 0.717) is 5.56 Å². The smallest absolute Gasteiger partial charge is 0.342 e. The summed E-state index contributed by atoms with van der Waals surface area (Å²) in [5.74, 6) is -2.09. The molecule has 0 amide bonds. The highest BCUT2D eigenvalue weighted by Gasteiger charge is 2.13. The molecule has 0 aliphatic rings. The summed E-state index contributed by atoms with van der Waals surface area (Å²) in [6.45, 7) is 0. The second-order valence-electron chi connectivity index (χ2n) is 3.28. The summed E-state index contributed by atoms with van der Waals surface area (Å²) in [7, 11) is 2.44. The van der Waals surface area contributed by atoms with Crippen LogP contribution in [0.25, 0.3) is 6.08 Å². The molecule has 1 aromatic rings. The van der Waals surface area contributed by atoms with E-state index in [9.17, 15) is 14.0 Å². The van der Waals surface area contributed by atoms with Gasteiger partial charge in [0.1, 0.15) is 5.56 Å². The minimum Gasteiger partial charge on any atom is -0.469 e. The molecule has 18 heavy (non-hydrogen) atoms. The molecule has 0 unspecified atom stereocenters. The third-order valence-corrected chi connectivity index (χ3v) is 2.09. The van der Waals surface area contributed by atoms with Crippen molar-refractivity contribution >= 4 is 18.0 Å². The Labute approximate surface area is 103 Å². The average Bonchev–Trinajstić information content (AvgIpc) is 2.39. The zero-order valence-electron chi connectivity index (χ0n) is 9.97. The lowest BCUT2D eigenvalue weighted by molar-refractivity contribution is -0.139. The highest BCUT2D eigenvalue weighted by atomic mass is 19.1. The van der Waals surface area contributed by atoms with E-state index in [1.807, 2.05) is 0 Å². The van der Waals surface area contributed by atoms with Crippen LogP contribution in [0.2, 0.25) is 0 Å². The molecule has 0 aliphatic carbocycles. The van der Waals surface area contributed by atoms with Crippen molar-refractivity contribution < 1.29 is 23.5 Å². The standard InChI is InChI=1S/C12H12FNO4/c1-17-10(15)5-3-4-8-6-9(12(16)18-2)11(13)14-7-8/h3-4,6-7H,5H2,1-2H3. The predicted octanol–water partition coefficient (Wildman–Crippen LogP) is 1.58. The van der Waals surface area contributed by atoms with E-state index in [-0.39, 0.29) is 12.0 Å². The van der Waals surface area contributed by atoms with E-state index < -0.39 is 17.9 Å². The molecular formula is C12H12FNO4. The van der Waals surface area contributed by atoms with Crippen molar-refractivity contribution in [3.05, 3.63) is 35.4 Å². The summed E-state index contributed by atoms with van der Waals surface area (Å²) < 4.78 is 22.1. The second kappa shape index (κ2) is 6.48. The Kier molecular flexibility index (Phi) is 4.98. The van der Waals surface area contributed by atoms with Gasteiger partial charge in [-0.15, -0.1) is 0 Å². The number of rotatable bonds is 4. The molecule has 1 aromatic heterocycles. The van der Waals surface area contributed by atoms with Crippen LogP contribution in [0.15, 0.2) is 18.3 Å². The molecule has 0 N–H and O–H groups in total. The number of carbonyl (C=O) groups is 2. The second-order valence-corrected chi connectivity index (χ2v) is 3.28. The summed E-state index contributed by atoms with van der Waals surface area (Å²) in [6, 6.07) is 1.29. The quantitative estimate of drug-likeness (QED) is 0.602. The maximum atomic E-state index is 13.2. The van der Waals surface area contributed by atoms with E-state index in [4.69, 9.17) is 0 Å². The fraction of sp³-hybridized carbons (Fsp3) is 0.250. The number of esters is 2. The monoisotopic (exact) mass is 253 g/mol. The van der Waals surface area contributed by atoms with Crippen molar-refractivity contribution in [2.24, 2.45) is 0 Å². The molecule has 0 saturated carbocycles. The summed E-state index contributed by atoms with van der Waals surface area (Å²) in [5, 5.41) is 0. The van der Waals surface area contributed by atoms with Gasteiger partial charge in [0.05, 0.1) is 20.6 Å². The summed E-state index contributed by atoms with van der Waals surface area (Å²) in [6.07, 6.45) is 4.40. The molecule has 0 saturated heterocycles. The lowest BCUT2D eigenvalue weighted by Crippen LogP contribution is -2.06. The number of aromatic nitrogens is 1. The van der Waals surface area contributed by atoms with Gasteiger partial charge in [0.2, 0.25) is 5.95 Å². The van der Waals surface area contributed by atoms with Gasteiger partial charge in [0.15, 0.2) is 0 Å². The molecule has 1 heterocycles. The van der Waals surface area contributed by atoms with Crippen LogP contribution in [0.4, 0.5) is 4.39 Å². The van der Waals surface area contributed by atoms with E-state index in [0.717, 1.165) is 7.11 Å². The molecule has 0 spiro atoms. The SMILES string of the molecule is COC(=O)CC=Cc1cnc(F)c(C(=O)OC)c1. The van der Waals surface area contributed by atoms with Gasteiger partial charge in [-0.2, -0.15) is 4.39 Å². The molecule has 6 heteroatoms. The van der Waals surface area contributed by atoms with Crippen LogP contribution in [0, 0.1) is 5.95 Å². The third-order valence-electron chi connectivity index (χ3n) is 2.09. The van der Waals surface area contributed by atoms with Crippen molar-refractivity contribution in [2.75, 3.05) is 14.2 Å². The summed E-state index contributed by atoms with van der Waals surface area (Å²) in [4.78, 5) is 25.5. The number of hydrogen-bond donors (Lipinski definition) is 0. The Morgan fingerprint density at radius 1 is 1.39 bits per heavy atom. The van der Waals surface area contributed by atoms with Gasteiger partial charge in [-0.3, -0.25) is 4.79 Å². The highest BCUT2D eigenvalue weighted by molar-refractivity contribution is 5.89. The molecule has 96 valence electrons. The number of carbonyl (C=O) groups excluding carboxylic acids is 2. The molecule has 1 rings (SSSR count). The molecule has 0 fully saturated rings. The van der Waals surface area contributed by atoms with Crippen molar-refractivity contribution in [1.29, 1.82) is 0 Å². The van der Waals surface area contributed by atoms with Crippen LogP contribution < -0.4 is 0 Å². The average molecular weight is 253 g/mol. The van der Waals surface area contributed by atoms with E-state index >= 15 is 0 Å². The Hall–Kier alpha value is -2.24. The Bertz CT molecular complexity index is 485. The van der Waals surface area contributed by atoms with Gasteiger partial charge in [0, 0.05) is 6.20 Å². The van der Waals surface area contributed by atoms with Gasteiger partial charge in [0.25, 0.3) is 0 Å². The molecule has 0 bridgehead atoms. The van der Waals surface area contributed by atoms with E-state index in [1.165, 1.54) is 31.5 Å². The van der Waals surface area contributed by atoms with Gasteiger partial charge in [-0.25, -0.2) is 9.78 Å². The number of halogens is 1.